The molecule has 0 bridgehead atoms. The van der Waals surface area contributed by atoms with E-state index in [2.05, 4.69) is 36.2 Å². The fourth-order valence-corrected chi connectivity index (χ4v) is 3.17. The molecule has 0 saturated carbocycles. The molecule has 4 nitrogen and oxygen atoms in total. The molecule has 0 saturated heterocycles. The van der Waals surface area contributed by atoms with E-state index in [1.54, 1.807) is 7.11 Å². The standard InChI is InChI=1S/C22H30N2O2/c1-15-13-18(26-7)14-16(2)19(15)21(25)23-20(22(3,4)24(5)6)17-11-9-8-10-12-17/h8-14,20H,1-7H3,(H,23,25). The summed E-state index contributed by atoms with van der Waals surface area (Å²) in [5.41, 5.74) is 3.36. The predicted molar refractivity (Wildman–Crippen MR) is 107 cm³/mol. The molecule has 2 rings (SSSR count). The summed E-state index contributed by atoms with van der Waals surface area (Å²) in [6.07, 6.45) is 0. The number of carbonyl (C=O) groups excluding carboxylic acids is 1. The van der Waals surface area contributed by atoms with Gasteiger partial charge >= 0.3 is 0 Å². The first-order valence-electron chi connectivity index (χ1n) is 8.87. The molecule has 140 valence electrons. The average molecular weight is 354 g/mol. The van der Waals surface area contributed by atoms with E-state index < -0.39 is 0 Å². The molecule has 4 heteroatoms. The number of hydrogen-bond acceptors (Lipinski definition) is 3. The lowest BCUT2D eigenvalue weighted by Gasteiger charge is -2.41. The summed E-state index contributed by atoms with van der Waals surface area (Å²) in [6, 6.07) is 13.8. The molecule has 1 unspecified atom stereocenters. The molecule has 0 aliphatic carbocycles. The Labute approximate surface area is 157 Å². The third-order valence-electron chi connectivity index (χ3n) is 5.24. The maximum Gasteiger partial charge on any atom is 0.252 e. The zero-order chi connectivity index (χ0) is 19.5. The van der Waals surface area contributed by atoms with Gasteiger partial charge in [-0.15, -0.1) is 0 Å². The number of methoxy groups -OCH3 is 1. The number of hydrogen-bond donors (Lipinski definition) is 1. The van der Waals surface area contributed by atoms with Crippen molar-refractivity contribution in [3.63, 3.8) is 0 Å². The second kappa shape index (κ2) is 7.92. The van der Waals surface area contributed by atoms with E-state index in [1.807, 2.05) is 58.3 Å². The number of amides is 1. The molecule has 1 amide bonds. The van der Waals surface area contributed by atoms with Gasteiger partial charge in [-0.3, -0.25) is 4.79 Å². The van der Waals surface area contributed by atoms with E-state index in [-0.39, 0.29) is 17.5 Å². The molecular formula is C22H30N2O2. The van der Waals surface area contributed by atoms with E-state index in [9.17, 15) is 4.79 Å². The van der Waals surface area contributed by atoms with Crippen LogP contribution in [0.1, 0.15) is 46.9 Å². The molecule has 1 atom stereocenters. The smallest absolute Gasteiger partial charge is 0.252 e. The summed E-state index contributed by atoms with van der Waals surface area (Å²) in [7, 11) is 5.71. The first-order chi connectivity index (χ1) is 12.2. The largest absolute Gasteiger partial charge is 0.497 e. The molecule has 0 spiro atoms. The average Bonchev–Trinajstić information content (AvgIpc) is 2.59. The first-order valence-corrected chi connectivity index (χ1v) is 8.87. The summed E-state index contributed by atoms with van der Waals surface area (Å²) in [6.45, 7) is 8.16. The minimum Gasteiger partial charge on any atom is -0.497 e. The van der Waals surface area contributed by atoms with Crippen molar-refractivity contribution in [2.24, 2.45) is 0 Å². The summed E-state index contributed by atoms with van der Waals surface area (Å²) in [5, 5.41) is 3.27. The van der Waals surface area contributed by atoms with Gasteiger partial charge in [0.1, 0.15) is 5.75 Å². The molecule has 0 aliphatic heterocycles. The molecule has 0 radical (unpaired) electrons. The predicted octanol–water partition coefficient (Wildman–Crippen LogP) is 4.12. The lowest BCUT2D eigenvalue weighted by atomic mass is 9.87. The zero-order valence-corrected chi connectivity index (χ0v) is 16.9. The van der Waals surface area contributed by atoms with Crippen molar-refractivity contribution in [3.05, 3.63) is 64.7 Å². The zero-order valence-electron chi connectivity index (χ0n) is 16.9. The summed E-state index contributed by atoms with van der Waals surface area (Å²) in [5.74, 6) is 0.705. The molecule has 2 aromatic carbocycles. The van der Waals surface area contributed by atoms with Gasteiger partial charge in [0.2, 0.25) is 0 Å². The lowest BCUT2D eigenvalue weighted by molar-refractivity contribution is 0.0839. The minimum absolute atomic E-state index is 0.0635. The first kappa shape index (κ1) is 20.0. The Morgan fingerprint density at radius 3 is 2.08 bits per heavy atom. The van der Waals surface area contributed by atoms with Crippen LogP contribution >= 0.6 is 0 Å². The second-order valence-electron chi connectivity index (χ2n) is 7.50. The lowest BCUT2D eigenvalue weighted by Crippen LogP contribution is -2.51. The van der Waals surface area contributed by atoms with Crippen molar-refractivity contribution < 1.29 is 9.53 Å². The maximum absolute atomic E-state index is 13.2. The van der Waals surface area contributed by atoms with Crippen LogP contribution in [0.25, 0.3) is 0 Å². The number of nitrogens with zero attached hydrogens (tertiary/aromatic N) is 1. The van der Waals surface area contributed by atoms with Crippen molar-refractivity contribution in [3.8, 4) is 5.75 Å². The Balaban J connectivity index is 2.42. The summed E-state index contributed by atoms with van der Waals surface area (Å²) >= 11 is 0. The molecule has 0 heterocycles. The van der Waals surface area contributed by atoms with Crippen molar-refractivity contribution in [1.29, 1.82) is 0 Å². The number of likely N-dealkylation sites (N-methyl/N-ethyl adjacent to an activating group) is 1. The number of aryl methyl sites for hydroxylation is 2. The Kier molecular flexibility index (Phi) is 6.09. The van der Waals surface area contributed by atoms with Gasteiger partial charge in [-0.25, -0.2) is 0 Å². The third kappa shape index (κ3) is 4.07. The third-order valence-corrected chi connectivity index (χ3v) is 5.24. The van der Waals surface area contributed by atoms with Gasteiger partial charge in [-0.1, -0.05) is 30.3 Å². The van der Waals surface area contributed by atoms with Crippen LogP contribution in [-0.2, 0) is 0 Å². The quantitative estimate of drug-likeness (QED) is 0.848. The van der Waals surface area contributed by atoms with Gasteiger partial charge in [0.25, 0.3) is 5.91 Å². The number of carbonyl (C=O) groups is 1. The Bertz CT molecular complexity index is 744. The van der Waals surface area contributed by atoms with Crippen molar-refractivity contribution in [2.75, 3.05) is 21.2 Å². The van der Waals surface area contributed by atoms with E-state index >= 15 is 0 Å². The molecule has 0 fully saturated rings. The highest BCUT2D eigenvalue weighted by molar-refractivity contribution is 5.97. The highest BCUT2D eigenvalue weighted by Crippen LogP contribution is 2.30. The second-order valence-corrected chi connectivity index (χ2v) is 7.50. The number of nitrogens with one attached hydrogen (secondary N) is 1. The topological polar surface area (TPSA) is 41.6 Å². The van der Waals surface area contributed by atoms with Crippen LogP contribution < -0.4 is 10.1 Å². The number of ether oxygens (including phenoxy) is 1. The van der Waals surface area contributed by atoms with Crippen LogP contribution in [0, 0.1) is 13.8 Å². The van der Waals surface area contributed by atoms with Gasteiger partial charge in [0.05, 0.1) is 13.2 Å². The number of benzene rings is 2. The minimum atomic E-state index is -0.259. The summed E-state index contributed by atoms with van der Waals surface area (Å²) in [4.78, 5) is 15.3. The van der Waals surface area contributed by atoms with Crippen molar-refractivity contribution in [1.82, 2.24) is 10.2 Å². The van der Waals surface area contributed by atoms with Gasteiger partial charge < -0.3 is 15.0 Å². The normalized spacial score (nSPS) is 12.8. The summed E-state index contributed by atoms with van der Waals surface area (Å²) < 4.78 is 5.31. The SMILES string of the molecule is COc1cc(C)c(C(=O)NC(c2ccccc2)C(C)(C)N(C)C)c(C)c1. The fourth-order valence-electron chi connectivity index (χ4n) is 3.17. The molecule has 26 heavy (non-hydrogen) atoms. The molecule has 0 aliphatic rings. The molecule has 0 aromatic heterocycles. The van der Waals surface area contributed by atoms with Crippen LogP contribution in [0.5, 0.6) is 5.75 Å². The highest BCUT2D eigenvalue weighted by atomic mass is 16.5. The van der Waals surface area contributed by atoms with E-state index in [0.717, 1.165) is 22.4 Å². The maximum atomic E-state index is 13.2. The van der Waals surface area contributed by atoms with Crippen LogP contribution in [0.15, 0.2) is 42.5 Å². The van der Waals surface area contributed by atoms with Gasteiger partial charge in [-0.05, 0) is 70.6 Å². The number of rotatable bonds is 6. The van der Waals surface area contributed by atoms with E-state index in [4.69, 9.17) is 4.74 Å². The Hall–Kier alpha value is -2.33. The highest BCUT2D eigenvalue weighted by Gasteiger charge is 2.34. The van der Waals surface area contributed by atoms with Crippen LogP contribution in [0.3, 0.4) is 0 Å². The Morgan fingerprint density at radius 1 is 1.08 bits per heavy atom. The van der Waals surface area contributed by atoms with E-state index in [1.165, 1.54) is 0 Å². The fraction of sp³-hybridized carbons (Fsp3) is 0.409. The molecular weight excluding hydrogens is 324 g/mol. The Morgan fingerprint density at radius 2 is 1.62 bits per heavy atom. The van der Waals surface area contributed by atoms with Gasteiger partial charge in [0, 0.05) is 11.1 Å². The molecule has 2 aromatic rings. The van der Waals surface area contributed by atoms with Crippen LogP contribution in [0.2, 0.25) is 0 Å². The van der Waals surface area contributed by atoms with Crippen molar-refractivity contribution >= 4 is 5.91 Å². The van der Waals surface area contributed by atoms with Gasteiger partial charge in [-0.2, -0.15) is 0 Å². The monoisotopic (exact) mass is 354 g/mol. The molecule has 1 N–H and O–H groups in total. The van der Waals surface area contributed by atoms with Crippen LogP contribution in [0.4, 0.5) is 0 Å². The van der Waals surface area contributed by atoms with Crippen molar-refractivity contribution in [2.45, 2.75) is 39.3 Å². The van der Waals surface area contributed by atoms with Crippen LogP contribution in [-0.4, -0.2) is 37.6 Å². The van der Waals surface area contributed by atoms with Gasteiger partial charge in [0.15, 0.2) is 0 Å². The van der Waals surface area contributed by atoms with E-state index in [0.29, 0.717) is 5.56 Å².